The van der Waals surface area contributed by atoms with Crippen LogP contribution in [0.25, 0.3) is 10.9 Å². The number of hydrogen-bond donors (Lipinski definition) is 2. The predicted molar refractivity (Wildman–Crippen MR) is 140 cm³/mol. The van der Waals surface area contributed by atoms with Crippen molar-refractivity contribution < 1.29 is 23.9 Å². The van der Waals surface area contributed by atoms with E-state index >= 15 is 0 Å². The Hall–Kier alpha value is -3.99. The van der Waals surface area contributed by atoms with Gasteiger partial charge in [-0.25, -0.2) is 4.98 Å². The molecule has 200 valence electrons. The number of pyridine rings is 1. The molecule has 0 bridgehead atoms. The van der Waals surface area contributed by atoms with Crippen LogP contribution in [0.1, 0.15) is 60.6 Å². The highest BCUT2D eigenvalue weighted by atomic mass is 16.5. The van der Waals surface area contributed by atoms with E-state index in [4.69, 9.17) is 20.3 Å². The van der Waals surface area contributed by atoms with Gasteiger partial charge in [-0.15, -0.1) is 0 Å². The first-order chi connectivity index (χ1) is 18.3. The van der Waals surface area contributed by atoms with Crippen molar-refractivity contribution in [1.29, 1.82) is 0 Å². The van der Waals surface area contributed by atoms with Gasteiger partial charge in [0.05, 0.1) is 36.6 Å². The summed E-state index contributed by atoms with van der Waals surface area (Å²) in [6, 6.07) is 7.48. The first-order valence-corrected chi connectivity index (χ1v) is 12.9. The van der Waals surface area contributed by atoms with E-state index in [1.807, 2.05) is 22.9 Å². The molecule has 3 N–H and O–H groups in total. The van der Waals surface area contributed by atoms with Gasteiger partial charge in [-0.1, -0.05) is 19.1 Å². The SMILES string of the molecule is COc1ncc(NC(=O)C(=O)N2C[C@@H](C)CC[C@@H]2c2ccc3cn(C4CCOCC4)nc3c2)cc1C(N)=O. The number of aromatic nitrogens is 3. The molecule has 2 aliphatic rings. The van der Waals surface area contributed by atoms with Gasteiger partial charge in [0.25, 0.3) is 5.91 Å². The van der Waals surface area contributed by atoms with Crippen molar-refractivity contribution in [3.63, 3.8) is 0 Å². The summed E-state index contributed by atoms with van der Waals surface area (Å²) >= 11 is 0. The van der Waals surface area contributed by atoms with Gasteiger partial charge in [0, 0.05) is 31.3 Å². The fourth-order valence-electron chi connectivity index (χ4n) is 5.29. The first-order valence-electron chi connectivity index (χ1n) is 12.9. The van der Waals surface area contributed by atoms with Crippen LogP contribution in [-0.2, 0) is 14.3 Å². The molecule has 2 aliphatic heterocycles. The van der Waals surface area contributed by atoms with Crippen molar-refractivity contribution in [2.45, 2.75) is 44.7 Å². The normalized spacial score (nSPS) is 20.3. The zero-order valence-electron chi connectivity index (χ0n) is 21.6. The van der Waals surface area contributed by atoms with Gasteiger partial charge in [-0.2, -0.15) is 5.10 Å². The van der Waals surface area contributed by atoms with E-state index in [0.717, 1.165) is 55.4 Å². The summed E-state index contributed by atoms with van der Waals surface area (Å²) in [6.45, 7) is 4.00. The third kappa shape index (κ3) is 5.19. The number of fused-ring (bicyclic) bond motifs is 1. The van der Waals surface area contributed by atoms with E-state index in [1.54, 1.807) is 4.90 Å². The molecule has 2 atom stereocenters. The van der Waals surface area contributed by atoms with Crippen LogP contribution in [0.4, 0.5) is 5.69 Å². The average Bonchev–Trinajstić information content (AvgIpc) is 3.36. The van der Waals surface area contributed by atoms with E-state index in [9.17, 15) is 14.4 Å². The van der Waals surface area contributed by atoms with Crippen LogP contribution < -0.4 is 15.8 Å². The lowest BCUT2D eigenvalue weighted by Crippen LogP contribution is -2.46. The van der Waals surface area contributed by atoms with Crippen LogP contribution in [0, 0.1) is 5.92 Å². The molecule has 1 aromatic carbocycles. The van der Waals surface area contributed by atoms with Gasteiger partial charge in [0.2, 0.25) is 5.88 Å². The molecule has 4 heterocycles. The summed E-state index contributed by atoms with van der Waals surface area (Å²) in [6.07, 6.45) is 6.93. The molecule has 0 radical (unpaired) electrons. The van der Waals surface area contributed by atoms with Crippen LogP contribution in [0.2, 0.25) is 0 Å². The summed E-state index contributed by atoms with van der Waals surface area (Å²) in [5, 5.41) is 8.43. The quantitative estimate of drug-likeness (QED) is 0.493. The smallest absolute Gasteiger partial charge is 0.313 e. The Morgan fingerprint density at radius 2 is 1.92 bits per heavy atom. The van der Waals surface area contributed by atoms with Crippen LogP contribution in [0.15, 0.2) is 36.7 Å². The maximum absolute atomic E-state index is 13.4. The molecule has 2 saturated heterocycles. The lowest BCUT2D eigenvalue weighted by molar-refractivity contribution is -0.146. The highest BCUT2D eigenvalue weighted by Gasteiger charge is 2.34. The van der Waals surface area contributed by atoms with Crippen molar-refractivity contribution in [3.8, 4) is 5.88 Å². The second kappa shape index (κ2) is 10.8. The molecular formula is C27H32N6O5. The van der Waals surface area contributed by atoms with Gasteiger partial charge in [0.1, 0.15) is 5.56 Å². The standard InChI is InChI=1S/C27H32N6O5/c1-16-3-6-23(17-4-5-18-15-33(31-22(18)11-17)20-7-9-38-10-8-20)32(14-16)27(36)25(35)30-19-12-21(24(28)34)26(37-2)29-13-19/h4-5,11-13,15-16,20,23H,3,6-10,14H2,1-2H3,(H2,28,34)(H,30,35)/t16-,23+/m0/s1. The molecule has 2 fully saturated rings. The minimum atomic E-state index is -0.809. The minimum absolute atomic E-state index is 0.00992. The van der Waals surface area contributed by atoms with Gasteiger partial charge in [-0.3, -0.25) is 19.1 Å². The molecule has 0 aliphatic carbocycles. The Kier molecular flexibility index (Phi) is 7.28. The number of anilines is 1. The van der Waals surface area contributed by atoms with Crippen LogP contribution in [-0.4, -0.2) is 64.3 Å². The largest absolute Gasteiger partial charge is 0.480 e. The number of hydrogen-bond acceptors (Lipinski definition) is 7. The number of nitrogens with zero attached hydrogens (tertiary/aromatic N) is 4. The zero-order chi connectivity index (χ0) is 26.8. The molecule has 11 nitrogen and oxygen atoms in total. The highest BCUT2D eigenvalue weighted by molar-refractivity contribution is 6.39. The summed E-state index contributed by atoms with van der Waals surface area (Å²) in [4.78, 5) is 43.8. The maximum atomic E-state index is 13.4. The highest BCUT2D eigenvalue weighted by Crippen LogP contribution is 2.35. The lowest BCUT2D eigenvalue weighted by Gasteiger charge is -2.38. The molecule has 0 unspecified atom stereocenters. The van der Waals surface area contributed by atoms with Gasteiger partial charge < -0.3 is 25.4 Å². The second-order valence-corrected chi connectivity index (χ2v) is 10.0. The van der Waals surface area contributed by atoms with E-state index in [-0.39, 0.29) is 29.1 Å². The van der Waals surface area contributed by atoms with Gasteiger partial charge >= 0.3 is 11.8 Å². The summed E-state index contributed by atoms with van der Waals surface area (Å²) in [5.74, 6) is -1.91. The molecule has 3 amide bonds. The monoisotopic (exact) mass is 520 g/mol. The van der Waals surface area contributed by atoms with E-state index in [2.05, 4.69) is 23.4 Å². The Labute approximate surface area is 220 Å². The molecule has 3 aromatic rings. The Morgan fingerprint density at radius 1 is 1.13 bits per heavy atom. The number of piperidine rings is 1. The fraction of sp³-hybridized carbons (Fsp3) is 0.444. The molecule has 5 rings (SSSR count). The summed E-state index contributed by atoms with van der Waals surface area (Å²) in [7, 11) is 1.36. The number of ether oxygens (including phenoxy) is 2. The summed E-state index contributed by atoms with van der Waals surface area (Å²) < 4.78 is 12.5. The third-order valence-corrected chi connectivity index (χ3v) is 7.34. The fourth-order valence-corrected chi connectivity index (χ4v) is 5.29. The molecule has 11 heteroatoms. The molecule has 38 heavy (non-hydrogen) atoms. The Morgan fingerprint density at radius 3 is 2.66 bits per heavy atom. The number of methoxy groups -OCH3 is 1. The van der Waals surface area contributed by atoms with E-state index < -0.39 is 17.7 Å². The maximum Gasteiger partial charge on any atom is 0.313 e. The van der Waals surface area contributed by atoms with Crippen molar-refractivity contribution in [2.75, 3.05) is 32.2 Å². The van der Waals surface area contributed by atoms with Crippen molar-refractivity contribution >= 4 is 34.3 Å². The van der Waals surface area contributed by atoms with E-state index in [1.165, 1.54) is 19.4 Å². The van der Waals surface area contributed by atoms with Crippen LogP contribution in [0.3, 0.4) is 0 Å². The molecule has 2 aromatic heterocycles. The summed E-state index contributed by atoms with van der Waals surface area (Å²) in [5.41, 5.74) is 7.40. The van der Waals surface area contributed by atoms with Crippen LogP contribution in [0.5, 0.6) is 5.88 Å². The number of likely N-dealkylation sites (tertiary alicyclic amines) is 1. The van der Waals surface area contributed by atoms with Crippen molar-refractivity contribution in [3.05, 3.63) is 47.8 Å². The first kappa shape index (κ1) is 25.7. The zero-order valence-corrected chi connectivity index (χ0v) is 21.6. The van der Waals surface area contributed by atoms with Gasteiger partial charge in [0.15, 0.2) is 0 Å². The predicted octanol–water partition coefficient (Wildman–Crippen LogP) is 2.83. The average molecular weight is 521 g/mol. The van der Waals surface area contributed by atoms with Crippen molar-refractivity contribution in [2.24, 2.45) is 11.7 Å². The number of primary amides is 1. The second-order valence-electron chi connectivity index (χ2n) is 10.0. The molecular weight excluding hydrogens is 488 g/mol. The Bertz CT molecular complexity index is 1370. The number of amides is 3. The van der Waals surface area contributed by atoms with E-state index in [0.29, 0.717) is 12.6 Å². The number of carbonyl (C=O) groups excluding carboxylic acids is 3. The number of nitrogens with one attached hydrogen (secondary N) is 1. The van der Waals surface area contributed by atoms with Crippen molar-refractivity contribution in [1.82, 2.24) is 19.7 Å². The van der Waals surface area contributed by atoms with Gasteiger partial charge in [-0.05, 0) is 49.3 Å². The third-order valence-electron chi connectivity index (χ3n) is 7.34. The number of carbonyl (C=O) groups is 3. The Balaban J connectivity index is 1.37. The number of nitrogens with two attached hydrogens (primary N) is 1. The number of rotatable bonds is 5. The van der Waals surface area contributed by atoms with Crippen LogP contribution >= 0.6 is 0 Å². The molecule has 0 saturated carbocycles. The molecule has 0 spiro atoms. The number of benzene rings is 1. The lowest BCUT2D eigenvalue weighted by atomic mass is 9.89. The minimum Gasteiger partial charge on any atom is -0.480 e. The topological polar surface area (TPSA) is 142 Å².